The van der Waals surface area contributed by atoms with E-state index >= 15 is 0 Å². The highest BCUT2D eigenvalue weighted by Crippen LogP contribution is 2.23. The Hall–Kier alpha value is -1.91. The van der Waals surface area contributed by atoms with Gasteiger partial charge in [-0.2, -0.15) is 0 Å². The number of carbonyl (C=O) groups excluding carboxylic acids is 1. The summed E-state index contributed by atoms with van der Waals surface area (Å²) in [5.41, 5.74) is 1.74. The highest BCUT2D eigenvalue weighted by atomic mass is 35.5. The van der Waals surface area contributed by atoms with E-state index in [9.17, 15) is 4.79 Å². The van der Waals surface area contributed by atoms with Gasteiger partial charge in [0, 0.05) is 21.8 Å². The Balaban J connectivity index is 1.76. The fourth-order valence-corrected chi connectivity index (χ4v) is 3.04. The summed E-state index contributed by atoms with van der Waals surface area (Å²) in [5, 5.41) is 4.33. The van der Waals surface area contributed by atoms with Gasteiger partial charge in [-0.25, -0.2) is 0 Å². The van der Waals surface area contributed by atoms with Crippen LogP contribution in [0.25, 0.3) is 11.0 Å². The van der Waals surface area contributed by atoms with Crippen molar-refractivity contribution in [1.82, 2.24) is 5.32 Å². The number of thioether (sulfide) groups is 1. The van der Waals surface area contributed by atoms with E-state index in [4.69, 9.17) is 16.0 Å². The molecule has 22 heavy (non-hydrogen) atoms. The third-order valence-corrected chi connectivity index (χ3v) is 4.41. The fourth-order valence-electron chi connectivity index (χ4n) is 2.24. The molecule has 1 heterocycles. The monoisotopic (exact) mass is 331 g/mol. The lowest BCUT2D eigenvalue weighted by molar-refractivity contribution is 0.0925. The largest absolute Gasteiger partial charge is 0.451 e. The molecule has 0 aliphatic rings. The van der Waals surface area contributed by atoms with E-state index in [1.807, 2.05) is 30.5 Å². The van der Waals surface area contributed by atoms with E-state index in [2.05, 4.69) is 5.32 Å². The lowest BCUT2D eigenvalue weighted by Gasteiger charge is -2.07. The Kier molecular flexibility index (Phi) is 4.41. The van der Waals surface area contributed by atoms with Crippen LogP contribution in [0.2, 0.25) is 5.02 Å². The third-order valence-electron chi connectivity index (χ3n) is 3.33. The Morgan fingerprint density at radius 1 is 1.23 bits per heavy atom. The lowest BCUT2D eigenvalue weighted by atomic mass is 10.2. The molecule has 0 aliphatic heterocycles. The molecule has 1 aromatic heterocycles. The quantitative estimate of drug-likeness (QED) is 0.702. The first-order chi connectivity index (χ1) is 10.7. The van der Waals surface area contributed by atoms with Crippen LogP contribution < -0.4 is 5.32 Å². The van der Waals surface area contributed by atoms with Crippen molar-refractivity contribution < 1.29 is 9.21 Å². The molecular weight excluding hydrogens is 318 g/mol. The smallest absolute Gasteiger partial charge is 0.287 e. The van der Waals surface area contributed by atoms with Crippen LogP contribution in [-0.2, 0) is 6.54 Å². The van der Waals surface area contributed by atoms with Crippen molar-refractivity contribution in [2.75, 3.05) is 6.26 Å². The number of rotatable bonds is 4. The Morgan fingerprint density at radius 2 is 2.05 bits per heavy atom. The molecule has 0 saturated carbocycles. The molecule has 0 atom stereocenters. The molecule has 0 spiro atoms. The van der Waals surface area contributed by atoms with Gasteiger partial charge in [0.15, 0.2) is 5.76 Å². The van der Waals surface area contributed by atoms with Gasteiger partial charge in [0.2, 0.25) is 0 Å². The SMILES string of the molecule is CSc1ccccc1CNC(=O)c1cc2cc(Cl)ccc2o1. The highest BCUT2D eigenvalue weighted by molar-refractivity contribution is 7.98. The van der Waals surface area contributed by atoms with Crippen molar-refractivity contribution in [3.05, 3.63) is 64.9 Å². The summed E-state index contributed by atoms with van der Waals surface area (Å²) < 4.78 is 5.55. The molecule has 0 aliphatic carbocycles. The van der Waals surface area contributed by atoms with Gasteiger partial charge in [0.25, 0.3) is 5.91 Å². The summed E-state index contributed by atoms with van der Waals surface area (Å²) in [4.78, 5) is 13.4. The van der Waals surface area contributed by atoms with Gasteiger partial charge in [0.1, 0.15) is 5.58 Å². The zero-order valence-corrected chi connectivity index (χ0v) is 13.5. The average Bonchev–Trinajstić information content (AvgIpc) is 2.96. The van der Waals surface area contributed by atoms with Crippen molar-refractivity contribution in [3.8, 4) is 0 Å². The molecule has 1 amide bonds. The van der Waals surface area contributed by atoms with Crippen LogP contribution in [-0.4, -0.2) is 12.2 Å². The van der Waals surface area contributed by atoms with E-state index in [0.29, 0.717) is 22.9 Å². The molecule has 3 nitrogen and oxygen atoms in total. The maximum absolute atomic E-state index is 12.2. The van der Waals surface area contributed by atoms with E-state index < -0.39 is 0 Å². The minimum absolute atomic E-state index is 0.233. The lowest BCUT2D eigenvalue weighted by Crippen LogP contribution is -2.22. The molecule has 3 rings (SSSR count). The number of amides is 1. The topological polar surface area (TPSA) is 42.2 Å². The first kappa shape index (κ1) is 15.0. The summed E-state index contributed by atoms with van der Waals surface area (Å²) in [7, 11) is 0. The van der Waals surface area contributed by atoms with E-state index in [1.165, 1.54) is 0 Å². The van der Waals surface area contributed by atoms with Gasteiger partial charge in [0.05, 0.1) is 0 Å². The van der Waals surface area contributed by atoms with E-state index in [-0.39, 0.29) is 5.91 Å². The predicted molar refractivity (Wildman–Crippen MR) is 90.6 cm³/mol. The number of fused-ring (bicyclic) bond motifs is 1. The molecule has 3 aromatic rings. The van der Waals surface area contributed by atoms with Crippen LogP contribution >= 0.6 is 23.4 Å². The van der Waals surface area contributed by atoms with Crippen LogP contribution in [0.15, 0.2) is 57.8 Å². The van der Waals surface area contributed by atoms with E-state index in [0.717, 1.165) is 15.8 Å². The zero-order chi connectivity index (χ0) is 15.5. The van der Waals surface area contributed by atoms with Gasteiger partial charge in [-0.05, 0) is 42.2 Å². The Morgan fingerprint density at radius 3 is 2.86 bits per heavy atom. The van der Waals surface area contributed by atoms with Crippen molar-refractivity contribution in [3.63, 3.8) is 0 Å². The van der Waals surface area contributed by atoms with Gasteiger partial charge in [-0.1, -0.05) is 29.8 Å². The van der Waals surface area contributed by atoms with Crippen LogP contribution in [0.5, 0.6) is 0 Å². The number of hydrogen-bond donors (Lipinski definition) is 1. The molecule has 2 aromatic carbocycles. The van der Waals surface area contributed by atoms with E-state index in [1.54, 1.807) is 36.0 Å². The number of hydrogen-bond acceptors (Lipinski definition) is 3. The van der Waals surface area contributed by atoms with Gasteiger partial charge >= 0.3 is 0 Å². The average molecular weight is 332 g/mol. The maximum atomic E-state index is 12.2. The Labute approximate surface area is 137 Å². The molecule has 0 fully saturated rings. The number of furan rings is 1. The standard InChI is InChI=1S/C17H14ClNO2S/c1-22-16-5-3-2-4-11(16)10-19-17(20)15-9-12-8-13(18)6-7-14(12)21-15/h2-9H,10H2,1H3,(H,19,20). The normalized spacial score (nSPS) is 10.8. The molecule has 0 radical (unpaired) electrons. The minimum atomic E-state index is -0.233. The molecule has 0 bridgehead atoms. The molecule has 5 heteroatoms. The predicted octanol–water partition coefficient (Wildman–Crippen LogP) is 4.74. The van der Waals surface area contributed by atoms with Crippen LogP contribution in [0.4, 0.5) is 0 Å². The fraction of sp³-hybridized carbons (Fsp3) is 0.118. The number of nitrogens with one attached hydrogen (secondary N) is 1. The maximum Gasteiger partial charge on any atom is 0.287 e. The second-order valence-electron chi connectivity index (χ2n) is 4.79. The minimum Gasteiger partial charge on any atom is -0.451 e. The molecule has 0 unspecified atom stereocenters. The molecule has 112 valence electrons. The summed E-state index contributed by atoms with van der Waals surface area (Å²) in [6.07, 6.45) is 2.02. The first-order valence-electron chi connectivity index (χ1n) is 6.76. The number of carbonyl (C=O) groups is 1. The van der Waals surface area contributed by atoms with Crippen molar-refractivity contribution in [1.29, 1.82) is 0 Å². The summed E-state index contributed by atoms with van der Waals surface area (Å²) >= 11 is 7.60. The van der Waals surface area contributed by atoms with Gasteiger partial charge in [-0.3, -0.25) is 4.79 Å². The Bertz CT molecular complexity index is 828. The summed E-state index contributed by atoms with van der Waals surface area (Å²) in [6, 6.07) is 15.0. The second kappa shape index (κ2) is 6.46. The summed E-state index contributed by atoms with van der Waals surface area (Å²) in [5.74, 6) is 0.0575. The van der Waals surface area contributed by atoms with Crippen LogP contribution in [0.3, 0.4) is 0 Å². The second-order valence-corrected chi connectivity index (χ2v) is 6.07. The molecule has 0 saturated heterocycles. The van der Waals surface area contributed by atoms with Crippen LogP contribution in [0.1, 0.15) is 16.1 Å². The molecular formula is C17H14ClNO2S. The molecule has 1 N–H and O–H groups in total. The third kappa shape index (κ3) is 3.13. The first-order valence-corrected chi connectivity index (χ1v) is 8.37. The van der Waals surface area contributed by atoms with Crippen molar-refractivity contribution in [2.45, 2.75) is 11.4 Å². The zero-order valence-electron chi connectivity index (χ0n) is 11.9. The van der Waals surface area contributed by atoms with Gasteiger partial charge in [-0.15, -0.1) is 11.8 Å². The van der Waals surface area contributed by atoms with Crippen molar-refractivity contribution >= 4 is 40.2 Å². The number of halogens is 1. The highest BCUT2D eigenvalue weighted by Gasteiger charge is 2.12. The summed E-state index contributed by atoms with van der Waals surface area (Å²) in [6.45, 7) is 0.466. The van der Waals surface area contributed by atoms with Crippen molar-refractivity contribution in [2.24, 2.45) is 0 Å². The van der Waals surface area contributed by atoms with Crippen LogP contribution in [0, 0.1) is 0 Å². The van der Waals surface area contributed by atoms with Gasteiger partial charge < -0.3 is 9.73 Å². The number of benzene rings is 2.